The number of carbonyl (C=O) groups excluding carboxylic acids is 1. The zero-order valence-electron chi connectivity index (χ0n) is 11.9. The zero-order valence-corrected chi connectivity index (χ0v) is 12.7. The van der Waals surface area contributed by atoms with Gasteiger partial charge in [0.15, 0.2) is 5.13 Å². The normalized spacial score (nSPS) is 10.4. The third kappa shape index (κ3) is 3.69. The van der Waals surface area contributed by atoms with Gasteiger partial charge in [-0.1, -0.05) is 17.4 Å². The van der Waals surface area contributed by atoms with E-state index in [2.05, 4.69) is 15.6 Å². The Hall–Kier alpha value is -2.15. The van der Waals surface area contributed by atoms with Crippen molar-refractivity contribution in [3.63, 3.8) is 0 Å². The van der Waals surface area contributed by atoms with Crippen molar-refractivity contribution in [3.8, 4) is 0 Å². The first-order valence-electron chi connectivity index (χ1n) is 6.48. The number of nitrogens with zero attached hydrogens (tertiary/aromatic N) is 1. The van der Waals surface area contributed by atoms with Gasteiger partial charge in [-0.25, -0.2) is 9.37 Å². The van der Waals surface area contributed by atoms with Crippen molar-refractivity contribution in [3.05, 3.63) is 40.0 Å². The molecule has 4 N–H and O–H groups in total. The quantitative estimate of drug-likeness (QED) is 0.791. The van der Waals surface area contributed by atoms with E-state index in [0.717, 1.165) is 11.1 Å². The lowest BCUT2D eigenvalue weighted by atomic mass is 10.1. The first-order valence-corrected chi connectivity index (χ1v) is 7.30. The Morgan fingerprint density at radius 2 is 2.24 bits per heavy atom. The van der Waals surface area contributed by atoms with Gasteiger partial charge in [-0.05, 0) is 36.6 Å². The summed E-state index contributed by atoms with van der Waals surface area (Å²) in [5.74, 6) is -0.275. The molecule has 0 aliphatic carbocycles. The summed E-state index contributed by atoms with van der Waals surface area (Å²) in [7, 11) is 1.72. The molecular weight excluding hydrogens is 291 g/mol. The van der Waals surface area contributed by atoms with E-state index in [9.17, 15) is 9.18 Å². The number of halogens is 1. The second-order valence-electron chi connectivity index (χ2n) is 4.56. The monoisotopic (exact) mass is 308 g/mol. The van der Waals surface area contributed by atoms with E-state index in [1.165, 1.54) is 23.5 Å². The maximum absolute atomic E-state index is 13.0. The minimum Gasteiger partial charge on any atom is -0.382 e. The standard InChI is InChI=1S/C14H17FN4OS/c1-8-7-10(15)4-3-9(8)5-6-18-13(20)11-12(16)19-14(17-2)21-11/h3-4,7H,5-6,16H2,1-2H3,(H,17,19)(H,18,20). The summed E-state index contributed by atoms with van der Waals surface area (Å²) in [6, 6.07) is 4.64. The average Bonchev–Trinajstić information content (AvgIpc) is 2.82. The topological polar surface area (TPSA) is 80.0 Å². The number of thiazole rings is 1. The van der Waals surface area contributed by atoms with Gasteiger partial charge in [0.25, 0.3) is 5.91 Å². The van der Waals surface area contributed by atoms with Gasteiger partial charge in [-0.3, -0.25) is 4.79 Å². The molecule has 2 rings (SSSR count). The van der Waals surface area contributed by atoms with Crippen molar-refractivity contribution < 1.29 is 9.18 Å². The lowest BCUT2D eigenvalue weighted by molar-refractivity contribution is 0.0959. The predicted molar refractivity (Wildman–Crippen MR) is 83.2 cm³/mol. The third-order valence-corrected chi connectivity index (χ3v) is 4.15. The molecule has 0 radical (unpaired) electrons. The van der Waals surface area contributed by atoms with Gasteiger partial charge < -0.3 is 16.4 Å². The van der Waals surface area contributed by atoms with Crippen LogP contribution in [0.3, 0.4) is 0 Å². The fourth-order valence-corrected chi connectivity index (χ4v) is 2.69. The van der Waals surface area contributed by atoms with Crippen LogP contribution < -0.4 is 16.4 Å². The van der Waals surface area contributed by atoms with Crippen LogP contribution in [0.2, 0.25) is 0 Å². The molecule has 0 saturated heterocycles. The van der Waals surface area contributed by atoms with Crippen LogP contribution in [0.1, 0.15) is 20.8 Å². The van der Waals surface area contributed by atoms with Crippen LogP contribution in [-0.4, -0.2) is 24.5 Å². The highest BCUT2D eigenvalue weighted by Crippen LogP contribution is 2.24. The highest BCUT2D eigenvalue weighted by Gasteiger charge is 2.15. The molecule has 0 atom stereocenters. The van der Waals surface area contributed by atoms with Crippen LogP contribution >= 0.6 is 11.3 Å². The Kier molecular flexibility index (Phi) is 4.74. The fraction of sp³-hybridized carbons (Fsp3) is 0.286. The van der Waals surface area contributed by atoms with Crippen LogP contribution in [0.5, 0.6) is 0 Å². The number of carbonyl (C=O) groups is 1. The highest BCUT2D eigenvalue weighted by molar-refractivity contribution is 7.18. The van der Waals surface area contributed by atoms with Crippen molar-refractivity contribution in [2.24, 2.45) is 0 Å². The van der Waals surface area contributed by atoms with E-state index in [-0.39, 0.29) is 17.5 Å². The molecule has 1 aromatic heterocycles. The van der Waals surface area contributed by atoms with Gasteiger partial charge in [0.05, 0.1) is 0 Å². The van der Waals surface area contributed by atoms with Gasteiger partial charge in [-0.2, -0.15) is 0 Å². The summed E-state index contributed by atoms with van der Waals surface area (Å²) in [5, 5.41) is 6.25. The summed E-state index contributed by atoms with van der Waals surface area (Å²) in [4.78, 5) is 16.4. The number of rotatable bonds is 5. The van der Waals surface area contributed by atoms with Crippen molar-refractivity contribution in [2.75, 3.05) is 24.6 Å². The summed E-state index contributed by atoms with van der Waals surface area (Å²) < 4.78 is 13.0. The zero-order chi connectivity index (χ0) is 15.4. The summed E-state index contributed by atoms with van der Waals surface area (Å²) in [6.07, 6.45) is 0.634. The van der Waals surface area contributed by atoms with Crippen LogP contribution in [0, 0.1) is 12.7 Å². The molecule has 2 aromatic rings. The van der Waals surface area contributed by atoms with E-state index in [1.807, 2.05) is 6.92 Å². The maximum Gasteiger partial charge on any atom is 0.265 e. The summed E-state index contributed by atoms with van der Waals surface area (Å²) in [6.45, 7) is 2.30. The molecular formula is C14H17FN4OS. The molecule has 7 heteroatoms. The van der Waals surface area contributed by atoms with Crippen LogP contribution in [-0.2, 0) is 6.42 Å². The SMILES string of the molecule is CNc1nc(N)c(C(=O)NCCc2ccc(F)cc2C)s1. The third-order valence-electron chi connectivity index (χ3n) is 3.06. The maximum atomic E-state index is 13.0. The van der Waals surface area contributed by atoms with E-state index in [1.54, 1.807) is 13.1 Å². The second kappa shape index (κ2) is 6.53. The molecule has 0 fully saturated rings. The molecule has 1 aromatic carbocycles. The Morgan fingerprint density at radius 1 is 1.48 bits per heavy atom. The van der Waals surface area contributed by atoms with Gasteiger partial charge >= 0.3 is 0 Å². The number of hydrogen-bond donors (Lipinski definition) is 3. The lowest BCUT2D eigenvalue weighted by Gasteiger charge is -2.07. The Balaban J connectivity index is 1.93. The molecule has 1 amide bonds. The van der Waals surface area contributed by atoms with Crippen LogP contribution in [0.15, 0.2) is 18.2 Å². The van der Waals surface area contributed by atoms with Crippen molar-refractivity contribution in [1.29, 1.82) is 0 Å². The number of benzene rings is 1. The number of hydrogen-bond acceptors (Lipinski definition) is 5. The van der Waals surface area contributed by atoms with E-state index in [0.29, 0.717) is 23.0 Å². The van der Waals surface area contributed by atoms with E-state index < -0.39 is 0 Å². The fourth-order valence-electron chi connectivity index (χ4n) is 1.93. The van der Waals surface area contributed by atoms with Gasteiger partial charge in [0.2, 0.25) is 0 Å². The molecule has 0 saturated carbocycles. The highest BCUT2D eigenvalue weighted by atomic mass is 32.1. The van der Waals surface area contributed by atoms with Crippen LogP contribution in [0.4, 0.5) is 15.3 Å². The minimum absolute atomic E-state index is 0.222. The number of nitrogens with two attached hydrogens (primary N) is 1. The Bertz CT molecular complexity index is 656. The number of nitrogen functional groups attached to an aromatic ring is 1. The summed E-state index contributed by atoms with van der Waals surface area (Å²) in [5.41, 5.74) is 7.58. The number of anilines is 2. The molecule has 1 heterocycles. The first-order chi connectivity index (χ1) is 10.0. The van der Waals surface area contributed by atoms with Crippen molar-refractivity contribution in [2.45, 2.75) is 13.3 Å². The average molecular weight is 308 g/mol. The van der Waals surface area contributed by atoms with Crippen molar-refractivity contribution in [1.82, 2.24) is 10.3 Å². The number of aromatic nitrogens is 1. The number of aryl methyl sites for hydroxylation is 1. The Labute approximate surface area is 126 Å². The second-order valence-corrected chi connectivity index (χ2v) is 5.56. The first kappa shape index (κ1) is 15.2. The molecule has 0 unspecified atom stereocenters. The summed E-state index contributed by atoms with van der Waals surface area (Å²) >= 11 is 1.21. The smallest absolute Gasteiger partial charge is 0.265 e. The van der Waals surface area contributed by atoms with Crippen LogP contribution in [0.25, 0.3) is 0 Å². The Morgan fingerprint density at radius 3 is 2.86 bits per heavy atom. The molecule has 0 bridgehead atoms. The lowest BCUT2D eigenvalue weighted by Crippen LogP contribution is -2.25. The molecule has 0 spiro atoms. The number of amides is 1. The van der Waals surface area contributed by atoms with Gasteiger partial charge in [-0.15, -0.1) is 0 Å². The van der Waals surface area contributed by atoms with Gasteiger partial charge in [0, 0.05) is 13.6 Å². The number of nitrogens with one attached hydrogen (secondary N) is 2. The molecule has 21 heavy (non-hydrogen) atoms. The molecule has 5 nitrogen and oxygen atoms in total. The van der Waals surface area contributed by atoms with E-state index in [4.69, 9.17) is 5.73 Å². The van der Waals surface area contributed by atoms with E-state index >= 15 is 0 Å². The molecule has 112 valence electrons. The predicted octanol–water partition coefficient (Wildman–Crippen LogP) is 2.19. The molecule has 0 aliphatic heterocycles. The van der Waals surface area contributed by atoms with Crippen molar-refractivity contribution >= 4 is 28.2 Å². The van der Waals surface area contributed by atoms with Gasteiger partial charge in [0.1, 0.15) is 16.5 Å². The molecule has 0 aliphatic rings. The minimum atomic E-state index is -0.252. The largest absolute Gasteiger partial charge is 0.382 e.